The van der Waals surface area contributed by atoms with E-state index in [1.165, 1.54) is 12.8 Å². The number of hydrogen-bond acceptors (Lipinski definition) is 6. The third kappa shape index (κ3) is 5.08. The molecule has 6 nitrogen and oxygen atoms in total. The maximum absolute atomic E-state index is 5.55. The van der Waals surface area contributed by atoms with Gasteiger partial charge in [0, 0.05) is 12.2 Å². The van der Waals surface area contributed by atoms with Crippen LogP contribution in [0.1, 0.15) is 64.3 Å². The number of ether oxygens (including phenoxy) is 2. The lowest BCUT2D eigenvalue weighted by Gasteiger charge is -2.16. The summed E-state index contributed by atoms with van der Waals surface area (Å²) in [5.41, 5.74) is 3.48. The van der Waals surface area contributed by atoms with E-state index >= 15 is 0 Å². The number of aryl methyl sites for hydroxylation is 1. The zero-order valence-electron chi connectivity index (χ0n) is 17.4. The van der Waals surface area contributed by atoms with Crippen molar-refractivity contribution in [3.63, 3.8) is 0 Å². The number of pyridine rings is 1. The average Bonchev–Trinajstić information content (AvgIpc) is 2.70. The Hall–Kier alpha value is -2.37. The first kappa shape index (κ1) is 20.9. The summed E-state index contributed by atoms with van der Waals surface area (Å²) in [7, 11) is 3.25. The number of methoxy groups -OCH3 is 2. The Morgan fingerprint density at radius 3 is 2.30 bits per heavy atom. The zero-order valence-corrected chi connectivity index (χ0v) is 17.4. The molecule has 0 fully saturated rings. The fourth-order valence-corrected chi connectivity index (χ4v) is 2.87. The number of nitrogens with zero attached hydrogens (tertiary/aromatic N) is 3. The van der Waals surface area contributed by atoms with Gasteiger partial charge in [0.2, 0.25) is 5.88 Å². The monoisotopic (exact) mass is 372 g/mol. The van der Waals surface area contributed by atoms with E-state index in [0.29, 0.717) is 23.5 Å². The van der Waals surface area contributed by atoms with E-state index in [1.807, 2.05) is 12.1 Å². The van der Waals surface area contributed by atoms with Crippen LogP contribution in [0.4, 0.5) is 5.82 Å². The minimum Gasteiger partial charge on any atom is -0.480 e. The summed E-state index contributed by atoms with van der Waals surface area (Å²) in [6, 6.07) is 4.03. The van der Waals surface area contributed by atoms with Crippen LogP contribution in [0, 0.1) is 0 Å². The van der Waals surface area contributed by atoms with Crippen LogP contribution in [0.2, 0.25) is 0 Å². The van der Waals surface area contributed by atoms with Crippen LogP contribution in [0.5, 0.6) is 11.8 Å². The summed E-state index contributed by atoms with van der Waals surface area (Å²) in [4.78, 5) is 14.2. The largest absolute Gasteiger partial charge is 0.480 e. The lowest BCUT2D eigenvalue weighted by Crippen LogP contribution is -2.10. The highest BCUT2D eigenvalue weighted by Crippen LogP contribution is 2.34. The van der Waals surface area contributed by atoms with E-state index in [2.05, 4.69) is 38.0 Å². The minimum atomic E-state index is 0.328. The third-order valence-electron chi connectivity index (χ3n) is 4.46. The molecule has 0 radical (unpaired) electrons. The summed E-state index contributed by atoms with van der Waals surface area (Å²) in [5.74, 6) is 2.08. The molecule has 2 heterocycles. The van der Waals surface area contributed by atoms with E-state index in [4.69, 9.17) is 19.4 Å². The molecule has 148 valence electrons. The molecule has 0 aromatic carbocycles. The maximum Gasteiger partial charge on any atom is 0.257 e. The normalized spacial score (nSPS) is 10.9. The smallest absolute Gasteiger partial charge is 0.257 e. The van der Waals surface area contributed by atoms with Crippen LogP contribution in [-0.2, 0) is 6.42 Å². The Morgan fingerprint density at radius 1 is 0.963 bits per heavy atom. The van der Waals surface area contributed by atoms with Gasteiger partial charge in [0.25, 0.3) is 5.88 Å². The lowest BCUT2D eigenvalue weighted by molar-refractivity contribution is 0.393. The van der Waals surface area contributed by atoms with Gasteiger partial charge in [-0.1, -0.05) is 40.5 Å². The average molecular weight is 373 g/mol. The van der Waals surface area contributed by atoms with Crippen LogP contribution >= 0.6 is 0 Å². The molecule has 6 heteroatoms. The van der Waals surface area contributed by atoms with Crippen molar-refractivity contribution in [3.05, 3.63) is 23.5 Å². The van der Waals surface area contributed by atoms with E-state index < -0.39 is 0 Å². The van der Waals surface area contributed by atoms with Crippen molar-refractivity contribution in [1.82, 2.24) is 15.0 Å². The summed E-state index contributed by atoms with van der Waals surface area (Å²) in [5, 5.41) is 3.36. The number of aromatic nitrogens is 3. The maximum atomic E-state index is 5.55. The van der Waals surface area contributed by atoms with Crippen molar-refractivity contribution in [1.29, 1.82) is 0 Å². The predicted molar refractivity (Wildman–Crippen MR) is 110 cm³/mol. The Morgan fingerprint density at radius 2 is 1.70 bits per heavy atom. The number of rotatable bonds is 10. The second-order valence-corrected chi connectivity index (χ2v) is 6.81. The number of anilines is 1. The molecule has 27 heavy (non-hydrogen) atoms. The van der Waals surface area contributed by atoms with Gasteiger partial charge in [0.05, 0.1) is 25.5 Å². The summed E-state index contributed by atoms with van der Waals surface area (Å²) in [6.45, 7) is 9.34. The van der Waals surface area contributed by atoms with Crippen molar-refractivity contribution in [2.75, 3.05) is 26.1 Å². The van der Waals surface area contributed by atoms with E-state index in [9.17, 15) is 0 Å². The number of nitrogens with one attached hydrogen (secondary N) is 1. The first-order valence-electron chi connectivity index (χ1n) is 9.79. The summed E-state index contributed by atoms with van der Waals surface area (Å²) in [6.07, 6.45) is 4.22. The highest BCUT2D eigenvalue weighted by molar-refractivity contribution is 5.69. The van der Waals surface area contributed by atoms with Crippen LogP contribution in [0.3, 0.4) is 0 Å². The summed E-state index contributed by atoms with van der Waals surface area (Å²) < 4.78 is 11.1. The molecule has 0 amide bonds. The van der Waals surface area contributed by atoms with E-state index in [1.54, 1.807) is 14.2 Å². The highest BCUT2D eigenvalue weighted by Gasteiger charge is 2.19. The first-order chi connectivity index (χ1) is 13.0. The van der Waals surface area contributed by atoms with Crippen LogP contribution in [0.15, 0.2) is 12.1 Å². The van der Waals surface area contributed by atoms with Gasteiger partial charge in [0.15, 0.2) is 5.82 Å². The second kappa shape index (κ2) is 10.1. The first-order valence-corrected chi connectivity index (χ1v) is 9.79. The molecular weight excluding hydrogens is 340 g/mol. The molecule has 0 atom stereocenters. The molecule has 0 aliphatic carbocycles. The topological polar surface area (TPSA) is 69.2 Å². The standard InChI is InChI=1S/C21H32N4O2/c1-7-9-10-13-22-19-21(27-6)25-18(16(8-2)23-19)15-11-12-17(14(3)4)24-20(15)26-5/h11-12,14H,7-10,13H2,1-6H3,(H,22,23). The molecular formula is C21H32N4O2. The molecule has 2 aromatic heterocycles. The Kier molecular flexibility index (Phi) is 7.82. The van der Waals surface area contributed by atoms with Crippen LogP contribution < -0.4 is 14.8 Å². The second-order valence-electron chi connectivity index (χ2n) is 6.81. The quantitative estimate of drug-likeness (QED) is 0.602. The van der Waals surface area contributed by atoms with Gasteiger partial charge in [-0.15, -0.1) is 0 Å². The van der Waals surface area contributed by atoms with Gasteiger partial charge < -0.3 is 14.8 Å². The van der Waals surface area contributed by atoms with Crippen LogP contribution in [-0.4, -0.2) is 35.7 Å². The Labute approximate surface area is 162 Å². The molecule has 0 bridgehead atoms. The van der Waals surface area contributed by atoms with Crippen LogP contribution in [0.25, 0.3) is 11.3 Å². The lowest BCUT2D eigenvalue weighted by atomic mass is 10.1. The Balaban J connectivity index is 2.44. The van der Waals surface area contributed by atoms with E-state index in [0.717, 1.165) is 42.0 Å². The zero-order chi connectivity index (χ0) is 19.8. The molecule has 0 unspecified atom stereocenters. The van der Waals surface area contributed by atoms with Crippen molar-refractivity contribution in [3.8, 4) is 23.0 Å². The third-order valence-corrected chi connectivity index (χ3v) is 4.46. The van der Waals surface area contributed by atoms with Crippen molar-refractivity contribution >= 4 is 5.82 Å². The Bertz CT molecular complexity index is 747. The van der Waals surface area contributed by atoms with Gasteiger partial charge >= 0.3 is 0 Å². The van der Waals surface area contributed by atoms with E-state index in [-0.39, 0.29) is 0 Å². The number of hydrogen-bond donors (Lipinski definition) is 1. The molecule has 2 aromatic rings. The molecule has 0 saturated carbocycles. The molecule has 0 saturated heterocycles. The van der Waals surface area contributed by atoms with Crippen molar-refractivity contribution in [2.24, 2.45) is 0 Å². The van der Waals surface area contributed by atoms with Gasteiger partial charge in [0.1, 0.15) is 5.69 Å². The molecule has 0 spiro atoms. The predicted octanol–water partition coefficient (Wildman–Crippen LogP) is 4.84. The van der Waals surface area contributed by atoms with Crippen molar-refractivity contribution < 1.29 is 9.47 Å². The van der Waals surface area contributed by atoms with Gasteiger partial charge in [-0.25, -0.2) is 15.0 Å². The fourth-order valence-electron chi connectivity index (χ4n) is 2.87. The van der Waals surface area contributed by atoms with Gasteiger partial charge in [-0.2, -0.15) is 0 Å². The molecule has 0 aliphatic heterocycles. The van der Waals surface area contributed by atoms with Gasteiger partial charge in [-0.3, -0.25) is 0 Å². The van der Waals surface area contributed by atoms with Gasteiger partial charge in [-0.05, 0) is 30.9 Å². The number of unbranched alkanes of at least 4 members (excludes halogenated alkanes) is 2. The summed E-state index contributed by atoms with van der Waals surface area (Å²) >= 11 is 0. The highest BCUT2D eigenvalue weighted by atomic mass is 16.5. The molecule has 2 rings (SSSR count). The SMILES string of the molecule is CCCCCNc1nc(CC)c(-c2ccc(C(C)C)nc2OC)nc1OC. The van der Waals surface area contributed by atoms with Crippen molar-refractivity contribution in [2.45, 2.75) is 59.3 Å². The molecule has 0 aliphatic rings. The molecule has 1 N–H and O–H groups in total. The minimum absolute atomic E-state index is 0.328. The fraction of sp³-hybridized carbons (Fsp3) is 0.571.